The van der Waals surface area contributed by atoms with E-state index in [1.807, 2.05) is 13.8 Å². The lowest BCUT2D eigenvalue weighted by atomic mass is 10.0. The Bertz CT molecular complexity index is 519. The third-order valence-electron chi connectivity index (χ3n) is 2.56. The minimum absolute atomic E-state index is 0.0473. The van der Waals surface area contributed by atoms with E-state index in [0.29, 0.717) is 11.1 Å². The van der Waals surface area contributed by atoms with Gasteiger partial charge in [0.2, 0.25) is 11.5 Å². The summed E-state index contributed by atoms with van der Waals surface area (Å²) >= 11 is 0. The van der Waals surface area contributed by atoms with E-state index in [9.17, 15) is 10.2 Å². The molecule has 0 saturated heterocycles. The molecule has 1 rings (SSSR count). The topological polar surface area (TPSA) is 58.9 Å². The molecule has 1 aromatic carbocycles. The SMILES string of the molecule is COc1c(O)c(C)c(C=C=C(C)C)c(O)c1OC. The van der Waals surface area contributed by atoms with Gasteiger partial charge in [-0.15, -0.1) is 5.73 Å². The van der Waals surface area contributed by atoms with Gasteiger partial charge in [0.1, 0.15) is 0 Å². The zero-order chi connectivity index (χ0) is 13.9. The number of rotatable bonds is 3. The van der Waals surface area contributed by atoms with Gasteiger partial charge in [-0.05, 0) is 32.4 Å². The molecule has 0 amide bonds. The Morgan fingerprint density at radius 3 is 2.00 bits per heavy atom. The number of methoxy groups -OCH3 is 2. The Kier molecular flexibility index (Phi) is 4.29. The van der Waals surface area contributed by atoms with E-state index >= 15 is 0 Å². The molecule has 98 valence electrons. The van der Waals surface area contributed by atoms with E-state index in [-0.39, 0.29) is 23.0 Å². The molecule has 0 aliphatic carbocycles. The Labute approximate surface area is 107 Å². The molecule has 0 radical (unpaired) electrons. The van der Waals surface area contributed by atoms with Crippen LogP contribution in [0.5, 0.6) is 23.0 Å². The third kappa shape index (κ3) is 2.44. The first-order valence-corrected chi connectivity index (χ1v) is 5.50. The number of hydrogen-bond donors (Lipinski definition) is 2. The number of aromatic hydroxyl groups is 2. The monoisotopic (exact) mass is 250 g/mol. The smallest absolute Gasteiger partial charge is 0.207 e. The van der Waals surface area contributed by atoms with Gasteiger partial charge in [-0.3, -0.25) is 0 Å². The van der Waals surface area contributed by atoms with Crippen molar-refractivity contribution in [2.45, 2.75) is 20.8 Å². The maximum Gasteiger partial charge on any atom is 0.207 e. The largest absolute Gasteiger partial charge is 0.504 e. The summed E-state index contributed by atoms with van der Waals surface area (Å²) in [4.78, 5) is 0. The summed E-state index contributed by atoms with van der Waals surface area (Å²) in [5.74, 6) is 0.122. The predicted octanol–water partition coefficient (Wildman–Crippen LogP) is 3.00. The fraction of sp³-hybridized carbons (Fsp3) is 0.357. The molecule has 4 nitrogen and oxygen atoms in total. The van der Waals surface area contributed by atoms with Crippen LogP contribution in [0.15, 0.2) is 11.3 Å². The quantitative estimate of drug-likeness (QED) is 0.639. The molecule has 0 fully saturated rings. The molecular weight excluding hydrogens is 232 g/mol. The first-order valence-electron chi connectivity index (χ1n) is 5.50. The summed E-state index contributed by atoms with van der Waals surface area (Å²) in [5, 5.41) is 20.1. The van der Waals surface area contributed by atoms with E-state index in [1.54, 1.807) is 13.0 Å². The summed E-state index contributed by atoms with van der Waals surface area (Å²) in [6.07, 6.45) is 1.61. The van der Waals surface area contributed by atoms with Gasteiger partial charge in [-0.1, -0.05) is 0 Å². The summed E-state index contributed by atoms with van der Waals surface area (Å²) in [7, 11) is 2.81. The normalized spacial score (nSPS) is 9.61. The Morgan fingerprint density at radius 2 is 1.56 bits per heavy atom. The highest BCUT2D eigenvalue weighted by Crippen LogP contribution is 2.48. The minimum atomic E-state index is -0.0709. The van der Waals surface area contributed by atoms with Crippen LogP contribution in [0.3, 0.4) is 0 Å². The standard InChI is InChI=1S/C14H18O4/c1-8(2)6-7-10-9(3)11(15)13(17-4)14(18-5)12(10)16/h7,15-16H,1-5H3. The van der Waals surface area contributed by atoms with Crippen molar-refractivity contribution in [1.82, 2.24) is 0 Å². The Morgan fingerprint density at radius 1 is 1.06 bits per heavy atom. The van der Waals surface area contributed by atoms with Crippen molar-refractivity contribution in [2.75, 3.05) is 14.2 Å². The van der Waals surface area contributed by atoms with Gasteiger partial charge in [-0.25, -0.2) is 0 Å². The van der Waals surface area contributed by atoms with Crippen LogP contribution in [-0.2, 0) is 0 Å². The first-order chi connectivity index (χ1) is 8.43. The van der Waals surface area contributed by atoms with Crippen LogP contribution in [0.1, 0.15) is 25.0 Å². The second kappa shape index (κ2) is 5.52. The van der Waals surface area contributed by atoms with Crippen molar-refractivity contribution < 1.29 is 19.7 Å². The van der Waals surface area contributed by atoms with Crippen molar-refractivity contribution in [3.63, 3.8) is 0 Å². The van der Waals surface area contributed by atoms with Gasteiger partial charge in [0.25, 0.3) is 0 Å². The highest BCUT2D eigenvalue weighted by atomic mass is 16.5. The van der Waals surface area contributed by atoms with Gasteiger partial charge >= 0.3 is 0 Å². The fourth-order valence-corrected chi connectivity index (χ4v) is 1.58. The van der Waals surface area contributed by atoms with Crippen molar-refractivity contribution in [3.05, 3.63) is 22.4 Å². The van der Waals surface area contributed by atoms with E-state index in [1.165, 1.54) is 14.2 Å². The van der Waals surface area contributed by atoms with Gasteiger partial charge in [0.15, 0.2) is 11.5 Å². The lowest BCUT2D eigenvalue weighted by Gasteiger charge is -2.15. The maximum absolute atomic E-state index is 10.1. The molecule has 0 unspecified atom stereocenters. The number of allylic oxidation sites excluding steroid dienone is 1. The van der Waals surface area contributed by atoms with Crippen molar-refractivity contribution in [2.24, 2.45) is 0 Å². The predicted molar refractivity (Wildman–Crippen MR) is 70.5 cm³/mol. The maximum atomic E-state index is 10.1. The zero-order valence-electron chi connectivity index (χ0n) is 11.3. The number of ether oxygens (including phenoxy) is 2. The molecule has 0 aromatic heterocycles. The lowest BCUT2D eigenvalue weighted by molar-refractivity contribution is 0.315. The van der Waals surface area contributed by atoms with E-state index in [0.717, 1.165) is 5.57 Å². The molecule has 0 spiro atoms. The van der Waals surface area contributed by atoms with Crippen molar-refractivity contribution in [3.8, 4) is 23.0 Å². The highest BCUT2D eigenvalue weighted by molar-refractivity contribution is 5.73. The van der Waals surface area contributed by atoms with Crippen LogP contribution in [0.25, 0.3) is 6.08 Å². The van der Waals surface area contributed by atoms with E-state index < -0.39 is 0 Å². The lowest BCUT2D eigenvalue weighted by Crippen LogP contribution is -1.95. The molecule has 0 atom stereocenters. The second-order valence-electron chi connectivity index (χ2n) is 4.09. The molecule has 1 aromatic rings. The van der Waals surface area contributed by atoms with Crippen LogP contribution in [-0.4, -0.2) is 24.4 Å². The molecule has 18 heavy (non-hydrogen) atoms. The molecule has 0 aliphatic rings. The van der Waals surface area contributed by atoms with Crippen LogP contribution in [0.4, 0.5) is 0 Å². The molecule has 0 heterocycles. The number of benzene rings is 1. The molecular formula is C14H18O4. The van der Waals surface area contributed by atoms with Crippen LogP contribution in [0.2, 0.25) is 0 Å². The van der Waals surface area contributed by atoms with Crippen molar-refractivity contribution in [1.29, 1.82) is 0 Å². The molecule has 2 N–H and O–H groups in total. The van der Waals surface area contributed by atoms with Gasteiger partial charge in [0.05, 0.1) is 14.2 Å². The van der Waals surface area contributed by atoms with Gasteiger partial charge in [0, 0.05) is 11.1 Å². The Balaban J connectivity index is 3.64. The van der Waals surface area contributed by atoms with Crippen LogP contribution >= 0.6 is 0 Å². The molecule has 4 heteroatoms. The number of phenolic OH excluding ortho intramolecular Hbond substituents is 2. The minimum Gasteiger partial charge on any atom is -0.504 e. The summed E-state index contributed by atoms with van der Waals surface area (Å²) < 4.78 is 10.1. The molecule has 0 bridgehead atoms. The summed E-state index contributed by atoms with van der Waals surface area (Å²) in [6, 6.07) is 0. The number of hydrogen-bond acceptors (Lipinski definition) is 4. The summed E-state index contributed by atoms with van der Waals surface area (Å²) in [6.45, 7) is 5.47. The van der Waals surface area contributed by atoms with Crippen LogP contribution < -0.4 is 9.47 Å². The fourth-order valence-electron chi connectivity index (χ4n) is 1.58. The molecule has 0 saturated carbocycles. The van der Waals surface area contributed by atoms with Crippen LogP contribution in [0, 0.1) is 6.92 Å². The average molecular weight is 250 g/mol. The first kappa shape index (κ1) is 14.0. The summed E-state index contributed by atoms with van der Waals surface area (Å²) in [5.41, 5.74) is 4.92. The van der Waals surface area contributed by atoms with Gasteiger partial charge < -0.3 is 19.7 Å². The zero-order valence-corrected chi connectivity index (χ0v) is 11.3. The number of phenols is 2. The average Bonchev–Trinajstić information content (AvgIpc) is 2.32. The highest BCUT2D eigenvalue weighted by Gasteiger charge is 2.21. The van der Waals surface area contributed by atoms with Gasteiger partial charge in [-0.2, -0.15) is 0 Å². The molecule has 0 aliphatic heterocycles. The second-order valence-corrected chi connectivity index (χ2v) is 4.09. The van der Waals surface area contributed by atoms with Crippen molar-refractivity contribution >= 4 is 6.08 Å². The van der Waals surface area contributed by atoms with E-state index in [2.05, 4.69) is 5.73 Å². The van der Waals surface area contributed by atoms with E-state index in [4.69, 9.17) is 9.47 Å². The third-order valence-corrected chi connectivity index (χ3v) is 2.56. The Hall–Kier alpha value is -2.06.